The Morgan fingerprint density at radius 3 is 0.648 bits per heavy atom. The van der Waals surface area contributed by atoms with Crippen LogP contribution in [0.2, 0.25) is 0 Å². The number of ether oxygens (including phenoxy) is 4. The van der Waals surface area contributed by atoms with Crippen molar-refractivity contribution in [2.45, 2.75) is 399 Å². The zero-order chi connectivity index (χ0) is 66.8. The zero-order valence-corrected chi connectivity index (χ0v) is 60.6. The minimum Gasteiger partial charge on any atom is -0.462 e. The molecule has 0 amide bonds. The quantitative estimate of drug-likeness (QED) is 0.0222. The summed E-state index contributed by atoms with van der Waals surface area (Å²) in [5.41, 5.74) is 0. The van der Waals surface area contributed by atoms with Crippen molar-refractivity contribution in [1.82, 2.24) is 0 Å². The molecule has 0 saturated heterocycles. The third-order valence-corrected chi connectivity index (χ3v) is 18.8. The van der Waals surface area contributed by atoms with Gasteiger partial charge in [0.25, 0.3) is 0 Å². The largest absolute Gasteiger partial charge is 0.472 e. The van der Waals surface area contributed by atoms with Gasteiger partial charge in [0.1, 0.15) is 19.3 Å². The van der Waals surface area contributed by atoms with Crippen LogP contribution < -0.4 is 0 Å². The molecule has 91 heavy (non-hydrogen) atoms. The van der Waals surface area contributed by atoms with Crippen LogP contribution in [0.3, 0.4) is 0 Å². The highest BCUT2D eigenvalue weighted by Crippen LogP contribution is 2.45. The van der Waals surface area contributed by atoms with Gasteiger partial charge in [0.2, 0.25) is 0 Å². The molecule has 0 heterocycles. The van der Waals surface area contributed by atoms with Gasteiger partial charge >= 0.3 is 39.5 Å². The molecule has 0 radical (unpaired) electrons. The monoisotopic (exact) mass is 1340 g/mol. The van der Waals surface area contributed by atoms with Crippen molar-refractivity contribution in [1.29, 1.82) is 0 Å². The minimum atomic E-state index is -4.95. The summed E-state index contributed by atoms with van der Waals surface area (Å²) in [6.45, 7) is 4.87. The Kier molecular flexibility index (Phi) is 65.2. The smallest absolute Gasteiger partial charge is 0.462 e. The van der Waals surface area contributed by atoms with E-state index in [9.17, 15) is 43.2 Å². The summed E-state index contributed by atoms with van der Waals surface area (Å²) < 4.78 is 68.1. The number of carbonyl (C=O) groups excluding carboxylic acids is 4. The fourth-order valence-electron chi connectivity index (χ4n) is 11.0. The van der Waals surface area contributed by atoms with E-state index in [1.807, 2.05) is 0 Å². The molecule has 0 aliphatic heterocycles. The summed E-state index contributed by atoms with van der Waals surface area (Å²) in [7, 11) is -9.89. The molecule has 0 rings (SSSR count). The van der Waals surface area contributed by atoms with Crippen molar-refractivity contribution in [3.8, 4) is 0 Å². The normalized spacial score (nSPS) is 14.0. The molecule has 0 aromatic carbocycles. The highest BCUT2D eigenvalue weighted by atomic mass is 31.2. The van der Waals surface area contributed by atoms with Crippen molar-refractivity contribution < 1.29 is 80.2 Å². The van der Waals surface area contributed by atoms with E-state index < -0.39 is 97.5 Å². The van der Waals surface area contributed by atoms with Crippen molar-refractivity contribution in [3.63, 3.8) is 0 Å². The molecule has 0 aromatic rings. The summed E-state index contributed by atoms with van der Waals surface area (Å²) in [6.07, 6.45) is 55.9. The standard InChI is InChI=1S/C72H140O17P2/c1-5-9-13-17-20-23-26-28-30-31-32-33-34-36-38-41-44-47-51-55-59-72(77)89-68(63-83-70(75)57-53-49-45-42-40-37-35-29-27-24-21-18-14-10-6-2)65-87-91(80,81)85-61-66(73)60-84-90(78,79)86-64-67(62-82-69(74)56-52-48-16-12-8-4)88-71(76)58-54-50-46-43-39-25-22-19-15-11-7-3/h66-68,73H,5-65H2,1-4H3,(H,78,79)(H,80,81)/t66-,67+,68+/m0/s1. The van der Waals surface area contributed by atoms with Gasteiger partial charge in [0.15, 0.2) is 12.2 Å². The average Bonchev–Trinajstić information content (AvgIpc) is 3.70. The molecule has 19 heteroatoms. The van der Waals surface area contributed by atoms with Crippen molar-refractivity contribution in [2.24, 2.45) is 0 Å². The molecule has 5 atom stereocenters. The molecule has 0 aliphatic carbocycles. The summed E-state index contributed by atoms with van der Waals surface area (Å²) in [4.78, 5) is 72.3. The fraction of sp³-hybridized carbons (Fsp3) is 0.944. The van der Waals surface area contributed by atoms with Gasteiger partial charge in [-0.2, -0.15) is 0 Å². The number of unbranched alkanes of at least 4 members (excludes halogenated alkanes) is 47. The van der Waals surface area contributed by atoms with Crippen LogP contribution in [0.25, 0.3) is 0 Å². The number of aliphatic hydroxyl groups is 1. The number of phosphoric ester groups is 2. The number of esters is 4. The molecule has 0 fully saturated rings. The SMILES string of the molecule is CCCCCCCCCCCCCCCCCCCCCCC(=O)O[C@H](COC(=O)CCCCCCCCCCCCCCCCC)COP(=O)(O)OC[C@@H](O)COP(=O)(O)OC[C@@H](COC(=O)CCCCCCC)OC(=O)CCCCCCCCCCCCC. The van der Waals surface area contributed by atoms with E-state index in [1.54, 1.807) is 0 Å². The maximum atomic E-state index is 13.0. The van der Waals surface area contributed by atoms with Gasteiger partial charge in [-0.15, -0.1) is 0 Å². The Labute approximate surface area is 556 Å². The van der Waals surface area contributed by atoms with E-state index in [2.05, 4.69) is 27.7 Å². The second-order valence-corrected chi connectivity index (χ2v) is 28.9. The predicted molar refractivity (Wildman–Crippen MR) is 368 cm³/mol. The maximum absolute atomic E-state index is 13.0. The van der Waals surface area contributed by atoms with Crippen LogP contribution in [-0.2, 0) is 65.4 Å². The van der Waals surface area contributed by atoms with Crippen LogP contribution in [0.5, 0.6) is 0 Å². The highest BCUT2D eigenvalue weighted by Gasteiger charge is 2.30. The van der Waals surface area contributed by atoms with Gasteiger partial charge < -0.3 is 33.8 Å². The lowest BCUT2D eigenvalue weighted by molar-refractivity contribution is -0.161. The Balaban J connectivity index is 5.12. The first kappa shape index (κ1) is 89.1. The molecule has 3 N–H and O–H groups in total. The predicted octanol–water partition coefficient (Wildman–Crippen LogP) is 21.1. The summed E-state index contributed by atoms with van der Waals surface area (Å²) in [5.74, 6) is -2.13. The highest BCUT2D eigenvalue weighted by molar-refractivity contribution is 7.47. The minimum absolute atomic E-state index is 0.106. The fourth-order valence-corrected chi connectivity index (χ4v) is 12.6. The Hall–Kier alpha value is -1.94. The number of carbonyl (C=O) groups is 4. The summed E-state index contributed by atoms with van der Waals surface area (Å²) in [5, 5.41) is 10.6. The molecule has 2 unspecified atom stereocenters. The first-order valence-corrected chi connectivity index (χ1v) is 40.8. The number of aliphatic hydroxyl groups excluding tert-OH is 1. The lowest BCUT2D eigenvalue weighted by Crippen LogP contribution is -2.30. The molecule has 0 saturated carbocycles. The van der Waals surface area contributed by atoms with Gasteiger partial charge in [-0.05, 0) is 25.7 Å². The van der Waals surface area contributed by atoms with E-state index in [0.29, 0.717) is 25.7 Å². The van der Waals surface area contributed by atoms with Crippen molar-refractivity contribution in [3.05, 3.63) is 0 Å². The third-order valence-electron chi connectivity index (χ3n) is 16.9. The Morgan fingerprint density at radius 2 is 0.440 bits per heavy atom. The number of hydrogen-bond donors (Lipinski definition) is 3. The van der Waals surface area contributed by atoms with Gasteiger partial charge in [-0.25, -0.2) is 9.13 Å². The van der Waals surface area contributed by atoms with E-state index in [1.165, 1.54) is 205 Å². The van der Waals surface area contributed by atoms with Crippen LogP contribution in [-0.4, -0.2) is 96.7 Å². The Morgan fingerprint density at radius 1 is 0.264 bits per heavy atom. The lowest BCUT2D eigenvalue weighted by Gasteiger charge is -2.21. The molecule has 0 aliphatic rings. The number of phosphoric acid groups is 2. The molecule has 540 valence electrons. The van der Waals surface area contributed by atoms with E-state index in [-0.39, 0.29) is 25.7 Å². The zero-order valence-electron chi connectivity index (χ0n) is 58.8. The number of hydrogen-bond acceptors (Lipinski definition) is 15. The van der Waals surface area contributed by atoms with Crippen LogP contribution in [0, 0.1) is 0 Å². The Bertz CT molecular complexity index is 1740. The number of rotatable bonds is 73. The molecular weight excluding hydrogens is 1200 g/mol. The summed E-state index contributed by atoms with van der Waals surface area (Å²) in [6, 6.07) is 0. The third kappa shape index (κ3) is 66.5. The van der Waals surface area contributed by atoms with Crippen molar-refractivity contribution in [2.75, 3.05) is 39.6 Å². The average molecular weight is 1340 g/mol. The van der Waals surface area contributed by atoms with Crippen LogP contribution >= 0.6 is 15.6 Å². The van der Waals surface area contributed by atoms with E-state index in [4.69, 9.17) is 37.0 Å². The van der Waals surface area contributed by atoms with E-state index >= 15 is 0 Å². The second-order valence-electron chi connectivity index (χ2n) is 26.0. The molecule has 0 aromatic heterocycles. The molecule has 0 spiro atoms. The van der Waals surface area contributed by atoms with Crippen LogP contribution in [0.1, 0.15) is 381 Å². The molecule has 17 nitrogen and oxygen atoms in total. The van der Waals surface area contributed by atoms with Crippen LogP contribution in [0.15, 0.2) is 0 Å². The second kappa shape index (κ2) is 66.7. The lowest BCUT2D eigenvalue weighted by atomic mass is 10.0. The topological polar surface area (TPSA) is 237 Å². The van der Waals surface area contributed by atoms with Crippen molar-refractivity contribution >= 4 is 39.5 Å². The van der Waals surface area contributed by atoms with Crippen LogP contribution in [0.4, 0.5) is 0 Å². The first-order valence-electron chi connectivity index (χ1n) is 37.8. The summed E-state index contributed by atoms with van der Waals surface area (Å²) >= 11 is 0. The molecular formula is C72H140O17P2. The van der Waals surface area contributed by atoms with Gasteiger partial charge in [0.05, 0.1) is 26.4 Å². The maximum Gasteiger partial charge on any atom is 0.472 e. The van der Waals surface area contributed by atoms with Gasteiger partial charge in [-0.1, -0.05) is 329 Å². The van der Waals surface area contributed by atoms with Gasteiger partial charge in [-0.3, -0.25) is 37.3 Å². The molecule has 0 bridgehead atoms. The first-order chi connectivity index (χ1) is 44.2. The van der Waals surface area contributed by atoms with Gasteiger partial charge in [0, 0.05) is 25.7 Å². The van der Waals surface area contributed by atoms with E-state index in [0.717, 1.165) is 96.3 Å².